The van der Waals surface area contributed by atoms with Crippen LogP contribution in [0.2, 0.25) is 0 Å². The number of nitrogens with zero attached hydrogens (tertiary/aromatic N) is 3. The molecule has 1 unspecified atom stereocenters. The average molecular weight is 436 g/mol. The number of amides is 1. The van der Waals surface area contributed by atoms with Crippen LogP contribution in [0.3, 0.4) is 0 Å². The van der Waals surface area contributed by atoms with Crippen LogP contribution in [0.1, 0.15) is 25.0 Å². The van der Waals surface area contributed by atoms with Gasteiger partial charge >= 0.3 is 0 Å². The highest BCUT2D eigenvalue weighted by molar-refractivity contribution is 8.14. The van der Waals surface area contributed by atoms with Gasteiger partial charge < -0.3 is 9.47 Å². The molecule has 7 heteroatoms. The van der Waals surface area contributed by atoms with Crippen molar-refractivity contribution in [2.24, 2.45) is 15.9 Å². The molecule has 6 nitrogen and oxygen atoms in total. The topological polar surface area (TPSA) is 63.5 Å². The molecule has 31 heavy (non-hydrogen) atoms. The molecule has 2 aromatic rings. The van der Waals surface area contributed by atoms with Gasteiger partial charge in [-0.1, -0.05) is 68.1 Å². The van der Waals surface area contributed by atoms with E-state index in [1.807, 2.05) is 49.1 Å². The van der Waals surface area contributed by atoms with E-state index in [1.54, 1.807) is 26.0 Å². The number of carbonyl (C=O) groups is 1. The van der Waals surface area contributed by atoms with Crippen LogP contribution in [0.4, 0.5) is 5.69 Å². The van der Waals surface area contributed by atoms with Crippen molar-refractivity contribution in [2.45, 2.75) is 19.9 Å². The highest BCUT2D eigenvalue weighted by atomic mass is 32.2. The molecule has 0 radical (unpaired) electrons. The van der Waals surface area contributed by atoms with Gasteiger partial charge in [-0.3, -0.25) is 9.69 Å². The Hall–Kier alpha value is -3.06. The Kier molecular flexibility index (Phi) is 6.13. The normalized spacial score (nSPS) is 17.5. The number of hydrogen-bond acceptors (Lipinski definition) is 6. The van der Waals surface area contributed by atoms with Crippen molar-refractivity contribution >= 4 is 40.4 Å². The maximum absolute atomic E-state index is 12.8. The third kappa shape index (κ3) is 4.10. The Labute approximate surface area is 186 Å². The summed E-state index contributed by atoms with van der Waals surface area (Å²) < 4.78 is 10.9. The zero-order valence-electron chi connectivity index (χ0n) is 18.0. The summed E-state index contributed by atoms with van der Waals surface area (Å²) in [6.07, 6.45) is 4.19. The molecular weight excluding hydrogens is 410 g/mol. The van der Waals surface area contributed by atoms with Gasteiger partial charge in [0.2, 0.25) is 0 Å². The molecule has 2 heterocycles. The Morgan fingerprint density at radius 2 is 1.81 bits per heavy atom. The first-order valence-electron chi connectivity index (χ1n) is 10.1. The van der Waals surface area contributed by atoms with Gasteiger partial charge in [-0.25, -0.2) is 4.99 Å². The van der Waals surface area contributed by atoms with Crippen molar-refractivity contribution < 1.29 is 14.3 Å². The van der Waals surface area contributed by atoms with Crippen LogP contribution in [0.5, 0.6) is 11.5 Å². The number of hydrogen-bond donors (Lipinski definition) is 0. The Morgan fingerprint density at radius 3 is 2.48 bits per heavy atom. The third-order valence-corrected chi connectivity index (χ3v) is 6.10. The quantitative estimate of drug-likeness (QED) is 0.654. The summed E-state index contributed by atoms with van der Waals surface area (Å²) in [7, 11) is 3.19. The number of ether oxygens (including phenoxy) is 2. The SMILES string of the molecule is COc1cc2c(cc1OC)C1=NC(=O)C(C(C)C)N1C(SC/C=C/c1ccccc1)=N2. The first-order valence-corrected chi connectivity index (χ1v) is 11.1. The molecule has 0 aliphatic carbocycles. The van der Waals surface area contributed by atoms with Gasteiger partial charge in [0.25, 0.3) is 5.91 Å². The molecule has 0 fully saturated rings. The molecule has 2 aliphatic rings. The van der Waals surface area contributed by atoms with Gasteiger partial charge in [-0.15, -0.1) is 0 Å². The van der Waals surface area contributed by atoms with Crippen molar-refractivity contribution in [3.63, 3.8) is 0 Å². The number of rotatable bonds is 6. The molecule has 1 amide bonds. The average Bonchev–Trinajstić information content (AvgIpc) is 3.14. The van der Waals surface area contributed by atoms with Crippen LogP contribution in [0, 0.1) is 5.92 Å². The van der Waals surface area contributed by atoms with E-state index < -0.39 is 0 Å². The van der Waals surface area contributed by atoms with Crippen molar-refractivity contribution in [1.29, 1.82) is 0 Å². The third-order valence-electron chi connectivity index (χ3n) is 5.19. The summed E-state index contributed by atoms with van der Waals surface area (Å²) in [5.41, 5.74) is 2.65. The summed E-state index contributed by atoms with van der Waals surface area (Å²) >= 11 is 1.59. The summed E-state index contributed by atoms with van der Waals surface area (Å²) in [5.74, 6) is 2.49. The second kappa shape index (κ2) is 8.98. The number of thioether (sulfide) groups is 1. The second-order valence-electron chi connectivity index (χ2n) is 7.58. The monoisotopic (exact) mass is 435 g/mol. The van der Waals surface area contributed by atoms with Gasteiger partial charge in [0, 0.05) is 17.4 Å². The zero-order valence-corrected chi connectivity index (χ0v) is 18.8. The Morgan fingerprint density at radius 1 is 1.10 bits per heavy atom. The number of fused-ring (bicyclic) bond motifs is 3. The minimum atomic E-state index is -0.361. The van der Waals surface area contributed by atoms with E-state index in [4.69, 9.17) is 14.5 Å². The maximum Gasteiger partial charge on any atom is 0.271 e. The molecule has 0 bridgehead atoms. The fraction of sp³-hybridized carbons (Fsp3) is 0.292. The van der Waals surface area contributed by atoms with Crippen molar-refractivity contribution in [3.8, 4) is 11.5 Å². The van der Waals surface area contributed by atoms with E-state index in [0.29, 0.717) is 17.3 Å². The predicted octanol–water partition coefficient (Wildman–Crippen LogP) is 4.76. The van der Waals surface area contributed by atoms with E-state index in [9.17, 15) is 4.79 Å². The Balaban J connectivity index is 1.69. The molecular formula is C24H25N3O3S. The standard InChI is InChI=1S/C24H25N3O3S/c1-15(2)21-23(28)26-22-17-13-19(29-3)20(30-4)14-18(17)25-24(27(21)22)31-12-8-11-16-9-6-5-7-10-16/h5-11,13-15,21H,12H2,1-4H3/b11-8+. The number of benzene rings is 2. The lowest BCUT2D eigenvalue weighted by atomic mass is 10.0. The van der Waals surface area contributed by atoms with E-state index in [2.05, 4.69) is 29.3 Å². The first-order chi connectivity index (χ1) is 15.0. The van der Waals surface area contributed by atoms with Gasteiger partial charge in [0.1, 0.15) is 11.9 Å². The second-order valence-corrected chi connectivity index (χ2v) is 8.56. The lowest BCUT2D eigenvalue weighted by Crippen LogP contribution is -2.46. The number of amidine groups is 2. The van der Waals surface area contributed by atoms with Crippen molar-refractivity contribution in [2.75, 3.05) is 20.0 Å². The van der Waals surface area contributed by atoms with Gasteiger partial charge in [0.15, 0.2) is 16.7 Å². The van der Waals surface area contributed by atoms with Crippen LogP contribution in [0.25, 0.3) is 6.08 Å². The van der Waals surface area contributed by atoms with E-state index in [1.165, 1.54) is 0 Å². The van der Waals surface area contributed by atoms with E-state index in [-0.39, 0.29) is 17.9 Å². The summed E-state index contributed by atoms with van der Waals surface area (Å²) in [6.45, 7) is 4.06. The zero-order chi connectivity index (χ0) is 22.0. The maximum atomic E-state index is 12.8. The minimum absolute atomic E-state index is 0.0982. The molecule has 0 N–H and O–H groups in total. The molecule has 4 rings (SSSR count). The molecule has 160 valence electrons. The first kappa shape index (κ1) is 21.2. The predicted molar refractivity (Wildman–Crippen MR) is 127 cm³/mol. The Bertz CT molecular complexity index is 1080. The number of methoxy groups -OCH3 is 2. The van der Waals surface area contributed by atoms with Gasteiger partial charge in [0.05, 0.1) is 19.9 Å². The molecule has 0 spiro atoms. The lowest BCUT2D eigenvalue weighted by molar-refractivity contribution is -0.120. The largest absolute Gasteiger partial charge is 0.493 e. The molecule has 2 aromatic carbocycles. The van der Waals surface area contributed by atoms with Crippen LogP contribution < -0.4 is 9.47 Å². The summed E-state index contributed by atoms with van der Waals surface area (Å²) in [6, 6.07) is 13.5. The van der Waals surface area contributed by atoms with Crippen molar-refractivity contribution in [1.82, 2.24) is 4.90 Å². The van der Waals surface area contributed by atoms with Gasteiger partial charge in [-0.2, -0.15) is 4.99 Å². The van der Waals surface area contributed by atoms with Gasteiger partial charge in [-0.05, 0) is 17.5 Å². The minimum Gasteiger partial charge on any atom is -0.493 e. The van der Waals surface area contributed by atoms with Crippen LogP contribution >= 0.6 is 11.8 Å². The number of carbonyl (C=O) groups excluding carboxylic acids is 1. The molecule has 1 atom stereocenters. The lowest BCUT2D eigenvalue weighted by Gasteiger charge is -2.33. The highest BCUT2D eigenvalue weighted by Crippen LogP contribution is 2.41. The molecule has 0 aromatic heterocycles. The van der Waals surface area contributed by atoms with Crippen LogP contribution in [-0.4, -0.2) is 47.8 Å². The summed E-state index contributed by atoms with van der Waals surface area (Å²) in [4.78, 5) is 24.0. The number of aliphatic imine (C=N–C) groups is 2. The highest BCUT2D eigenvalue weighted by Gasteiger charge is 2.43. The van der Waals surface area contributed by atoms with Crippen molar-refractivity contribution in [3.05, 3.63) is 59.7 Å². The van der Waals surface area contributed by atoms with Crippen LogP contribution in [0.15, 0.2) is 58.5 Å². The summed E-state index contributed by atoms with van der Waals surface area (Å²) in [5, 5.41) is 0.765. The van der Waals surface area contributed by atoms with E-state index >= 15 is 0 Å². The molecule has 2 aliphatic heterocycles. The smallest absolute Gasteiger partial charge is 0.271 e. The molecule has 0 saturated heterocycles. The van der Waals surface area contributed by atoms with E-state index in [0.717, 1.165) is 27.7 Å². The fourth-order valence-electron chi connectivity index (χ4n) is 3.72. The fourth-order valence-corrected chi connectivity index (χ4v) is 4.56. The molecule has 0 saturated carbocycles. The van der Waals surface area contributed by atoms with Crippen LogP contribution in [-0.2, 0) is 4.79 Å².